The smallest absolute Gasteiger partial charge is 0.309 e. The van der Waals surface area contributed by atoms with Crippen molar-refractivity contribution in [1.29, 1.82) is 0 Å². The van der Waals surface area contributed by atoms with Crippen molar-refractivity contribution in [3.63, 3.8) is 0 Å². The lowest BCUT2D eigenvalue weighted by Gasteiger charge is -2.40. The third-order valence-corrected chi connectivity index (χ3v) is 8.70. The van der Waals surface area contributed by atoms with Crippen LogP contribution in [0, 0.1) is 0 Å². The van der Waals surface area contributed by atoms with E-state index in [2.05, 4.69) is 45.0 Å². The van der Waals surface area contributed by atoms with Gasteiger partial charge in [-0.1, -0.05) is 88.4 Å². The van der Waals surface area contributed by atoms with Crippen LogP contribution in [0.15, 0.2) is 60.7 Å². The Bertz CT molecular complexity index is 593. The summed E-state index contributed by atoms with van der Waals surface area (Å²) in [5.74, 6) is -0.349. The maximum Gasteiger partial charge on any atom is 0.340 e. The van der Waals surface area contributed by atoms with E-state index in [1.807, 2.05) is 36.4 Å². The number of hydrogen-bond acceptors (Lipinski definition) is 3. The standard InChI is InChI=1S/C19H24O3Si/c1-5-18(20)21-22-23(19(2,3)4,16-12-8-6-9-13-16)17-14-10-7-11-15-17/h6-15H,5H2,1-4H3. The van der Waals surface area contributed by atoms with E-state index >= 15 is 0 Å². The van der Waals surface area contributed by atoms with Crippen LogP contribution in [-0.2, 0) is 14.3 Å². The first kappa shape index (κ1) is 17.4. The van der Waals surface area contributed by atoms with E-state index in [-0.39, 0.29) is 17.4 Å². The van der Waals surface area contributed by atoms with Crippen LogP contribution in [0.4, 0.5) is 0 Å². The van der Waals surface area contributed by atoms with Crippen LogP contribution in [0.1, 0.15) is 34.1 Å². The molecule has 23 heavy (non-hydrogen) atoms. The fourth-order valence-electron chi connectivity index (χ4n) is 2.77. The number of hydrogen-bond donors (Lipinski definition) is 0. The lowest BCUT2D eigenvalue weighted by molar-refractivity contribution is -0.219. The molecule has 0 amide bonds. The van der Waals surface area contributed by atoms with Crippen molar-refractivity contribution in [2.75, 3.05) is 0 Å². The average Bonchev–Trinajstić information content (AvgIpc) is 2.56. The zero-order valence-electron chi connectivity index (χ0n) is 14.2. The topological polar surface area (TPSA) is 35.5 Å². The molecule has 0 heterocycles. The highest BCUT2D eigenvalue weighted by Gasteiger charge is 2.53. The maximum atomic E-state index is 11.7. The van der Waals surface area contributed by atoms with Crippen molar-refractivity contribution in [2.45, 2.75) is 39.2 Å². The number of carbonyl (C=O) groups is 1. The van der Waals surface area contributed by atoms with Crippen molar-refractivity contribution >= 4 is 24.7 Å². The van der Waals surface area contributed by atoms with E-state index in [9.17, 15) is 4.79 Å². The second-order valence-electron chi connectivity index (χ2n) is 6.56. The molecule has 0 unspecified atom stereocenters. The summed E-state index contributed by atoms with van der Waals surface area (Å²) in [7, 11) is -2.77. The number of rotatable bonds is 5. The SMILES string of the molecule is CCC(=O)OO[Si](c1ccccc1)(c1ccccc1)C(C)(C)C. The van der Waals surface area contributed by atoms with E-state index in [1.165, 1.54) is 0 Å². The molecule has 0 fully saturated rings. The molecule has 0 bridgehead atoms. The Morgan fingerprint density at radius 2 is 1.35 bits per heavy atom. The summed E-state index contributed by atoms with van der Waals surface area (Å²) in [5.41, 5.74) is 0. The van der Waals surface area contributed by atoms with Gasteiger partial charge in [0.15, 0.2) is 0 Å². The van der Waals surface area contributed by atoms with Gasteiger partial charge in [0.05, 0.1) is 0 Å². The first-order chi connectivity index (χ1) is 10.9. The molecule has 2 rings (SSSR count). The van der Waals surface area contributed by atoms with Gasteiger partial charge >= 0.3 is 14.3 Å². The van der Waals surface area contributed by atoms with Crippen molar-refractivity contribution < 1.29 is 14.3 Å². The van der Waals surface area contributed by atoms with Gasteiger partial charge in [-0.3, -0.25) is 0 Å². The second kappa shape index (κ2) is 7.11. The molecule has 0 aliphatic rings. The van der Waals surface area contributed by atoms with Crippen LogP contribution < -0.4 is 10.4 Å². The average molecular weight is 328 g/mol. The van der Waals surface area contributed by atoms with Crippen LogP contribution in [0.3, 0.4) is 0 Å². The van der Waals surface area contributed by atoms with Gasteiger partial charge in [-0.25, -0.2) is 9.37 Å². The van der Waals surface area contributed by atoms with Crippen LogP contribution in [0.2, 0.25) is 5.04 Å². The summed E-state index contributed by atoms with van der Waals surface area (Å²) >= 11 is 0. The molecule has 0 N–H and O–H groups in total. The van der Waals surface area contributed by atoms with Gasteiger partial charge in [-0.2, -0.15) is 0 Å². The summed E-state index contributed by atoms with van der Waals surface area (Å²) < 4.78 is 6.01. The third kappa shape index (κ3) is 3.54. The predicted molar refractivity (Wildman–Crippen MR) is 95.1 cm³/mol. The summed E-state index contributed by atoms with van der Waals surface area (Å²) in [6, 6.07) is 20.2. The van der Waals surface area contributed by atoms with Crippen LogP contribution in [-0.4, -0.2) is 14.3 Å². The molecular formula is C19H24O3Si. The van der Waals surface area contributed by atoms with Gasteiger partial charge in [0.2, 0.25) is 0 Å². The largest absolute Gasteiger partial charge is 0.340 e. The van der Waals surface area contributed by atoms with Gasteiger partial charge in [0, 0.05) is 6.42 Å². The number of benzene rings is 2. The Morgan fingerprint density at radius 3 is 1.70 bits per heavy atom. The van der Waals surface area contributed by atoms with Gasteiger partial charge in [0.25, 0.3) is 0 Å². The molecule has 0 aromatic heterocycles. The minimum absolute atomic E-state index is 0.205. The Balaban J connectivity index is 2.62. The second-order valence-corrected chi connectivity index (χ2v) is 10.7. The normalized spacial score (nSPS) is 12.0. The highest BCUT2D eigenvalue weighted by atomic mass is 28.4. The zero-order valence-corrected chi connectivity index (χ0v) is 15.2. The lowest BCUT2D eigenvalue weighted by Crippen LogP contribution is -2.66. The fraction of sp³-hybridized carbons (Fsp3) is 0.316. The Labute approximate surface area is 139 Å². The molecule has 4 heteroatoms. The molecule has 0 spiro atoms. The minimum atomic E-state index is -2.77. The van der Waals surface area contributed by atoms with Crippen molar-refractivity contribution in [3.05, 3.63) is 60.7 Å². The van der Waals surface area contributed by atoms with Crippen molar-refractivity contribution in [3.8, 4) is 0 Å². The van der Waals surface area contributed by atoms with Gasteiger partial charge in [-0.15, -0.1) is 0 Å². The van der Waals surface area contributed by atoms with E-state index in [0.717, 1.165) is 10.4 Å². The summed E-state index contributed by atoms with van der Waals surface area (Å²) in [6.45, 7) is 8.17. The molecule has 2 aromatic rings. The van der Waals surface area contributed by atoms with E-state index in [4.69, 9.17) is 9.46 Å². The van der Waals surface area contributed by atoms with E-state index in [0.29, 0.717) is 0 Å². The summed E-state index contributed by atoms with van der Waals surface area (Å²) in [5, 5.41) is 1.97. The summed E-state index contributed by atoms with van der Waals surface area (Å²) in [6.07, 6.45) is 0.290. The fourth-order valence-corrected chi connectivity index (χ4v) is 6.82. The maximum absolute atomic E-state index is 11.7. The first-order valence-corrected chi connectivity index (χ1v) is 9.82. The minimum Gasteiger partial charge on any atom is -0.309 e. The van der Waals surface area contributed by atoms with E-state index < -0.39 is 8.32 Å². The van der Waals surface area contributed by atoms with Gasteiger partial charge in [0.1, 0.15) is 0 Å². The summed E-state index contributed by atoms with van der Waals surface area (Å²) in [4.78, 5) is 16.9. The predicted octanol–water partition coefficient (Wildman–Crippen LogP) is 3.43. The van der Waals surface area contributed by atoms with Crippen molar-refractivity contribution in [2.24, 2.45) is 0 Å². The first-order valence-electron chi connectivity index (χ1n) is 7.91. The zero-order chi connectivity index (χ0) is 16.9. The monoisotopic (exact) mass is 328 g/mol. The third-order valence-electron chi connectivity index (χ3n) is 3.97. The Kier molecular flexibility index (Phi) is 5.39. The Hall–Kier alpha value is -1.91. The van der Waals surface area contributed by atoms with Crippen LogP contribution >= 0.6 is 0 Å². The molecule has 0 aliphatic carbocycles. The molecule has 0 saturated heterocycles. The molecule has 0 radical (unpaired) electrons. The van der Waals surface area contributed by atoms with Crippen LogP contribution in [0.5, 0.6) is 0 Å². The van der Waals surface area contributed by atoms with E-state index in [1.54, 1.807) is 6.92 Å². The Morgan fingerprint density at radius 1 is 0.913 bits per heavy atom. The van der Waals surface area contributed by atoms with Crippen molar-refractivity contribution in [1.82, 2.24) is 0 Å². The highest BCUT2D eigenvalue weighted by molar-refractivity contribution is 6.99. The van der Waals surface area contributed by atoms with Crippen LogP contribution in [0.25, 0.3) is 0 Å². The molecule has 2 aromatic carbocycles. The lowest BCUT2D eigenvalue weighted by atomic mass is 10.2. The quantitative estimate of drug-likeness (QED) is 0.479. The van der Waals surface area contributed by atoms with Gasteiger partial charge in [-0.05, 0) is 15.4 Å². The molecule has 0 atom stereocenters. The number of carbonyl (C=O) groups excluding carboxylic acids is 1. The highest BCUT2D eigenvalue weighted by Crippen LogP contribution is 2.36. The molecular weight excluding hydrogens is 304 g/mol. The molecule has 3 nitrogen and oxygen atoms in total. The molecule has 0 saturated carbocycles. The molecule has 0 aliphatic heterocycles. The molecule has 122 valence electrons. The van der Waals surface area contributed by atoms with Gasteiger partial charge < -0.3 is 4.89 Å².